The zero-order valence-corrected chi connectivity index (χ0v) is 22.6. The SMILES string of the molecule is Cc1cc(Nc2ncc3c(n2)N(C)CN(c2c(Cl)cccc2Cl)C3=O)ccc1N1C2CCC1CN(C)C2. The van der Waals surface area contributed by atoms with Crippen molar-refractivity contribution < 1.29 is 4.79 Å². The molecular weight excluding hydrogens is 509 g/mol. The minimum absolute atomic E-state index is 0.239. The van der Waals surface area contributed by atoms with Crippen LogP contribution in [0.25, 0.3) is 0 Å². The largest absolute Gasteiger partial charge is 0.363 e. The molecule has 2 saturated heterocycles. The van der Waals surface area contributed by atoms with Gasteiger partial charge in [-0.1, -0.05) is 29.3 Å². The molecule has 1 N–H and O–H groups in total. The van der Waals surface area contributed by atoms with Crippen molar-refractivity contribution in [2.24, 2.45) is 0 Å². The van der Waals surface area contributed by atoms with Gasteiger partial charge in [0.2, 0.25) is 5.95 Å². The van der Waals surface area contributed by atoms with Gasteiger partial charge < -0.3 is 20.0 Å². The van der Waals surface area contributed by atoms with Crippen molar-refractivity contribution in [1.29, 1.82) is 0 Å². The van der Waals surface area contributed by atoms with Crippen LogP contribution in [-0.2, 0) is 0 Å². The zero-order valence-electron chi connectivity index (χ0n) is 21.1. The summed E-state index contributed by atoms with van der Waals surface area (Å²) >= 11 is 12.7. The number of hydrogen-bond donors (Lipinski definition) is 1. The number of anilines is 5. The number of hydrogen-bond acceptors (Lipinski definition) is 7. The van der Waals surface area contributed by atoms with Gasteiger partial charge in [-0.3, -0.25) is 9.69 Å². The van der Waals surface area contributed by atoms with Crippen molar-refractivity contribution in [1.82, 2.24) is 14.9 Å². The maximum atomic E-state index is 13.3. The molecule has 37 heavy (non-hydrogen) atoms. The number of piperazine rings is 1. The first-order chi connectivity index (χ1) is 17.8. The number of likely N-dealkylation sites (N-methyl/N-ethyl adjacent to an activating group) is 1. The number of amides is 1. The van der Waals surface area contributed by atoms with Gasteiger partial charge in [-0.2, -0.15) is 4.98 Å². The van der Waals surface area contributed by atoms with Gasteiger partial charge >= 0.3 is 0 Å². The highest BCUT2D eigenvalue weighted by atomic mass is 35.5. The summed E-state index contributed by atoms with van der Waals surface area (Å²) in [7, 11) is 4.10. The molecule has 3 aliphatic rings. The molecule has 0 radical (unpaired) electrons. The van der Waals surface area contributed by atoms with Crippen molar-refractivity contribution in [3.05, 3.63) is 63.8 Å². The van der Waals surface area contributed by atoms with Gasteiger partial charge in [0.1, 0.15) is 11.4 Å². The maximum absolute atomic E-state index is 13.3. The van der Waals surface area contributed by atoms with Gasteiger partial charge in [-0.15, -0.1) is 0 Å². The Bertz CT molecular complexity index is 1350. The predicted octanol–water partition coefficient (Wildman–Crippen LogP) is 5.17. The molecule has 2 atom stereocenters. The quantitative estimate of drug-likeness (QED) is 0.492. The molecule has 192 valence electrons. The molecule has 8 nitrogen and oxygen atoms in total. The highest BCUT2D eigenvalue weighted by Gasteiger charge is 2.39. The van der Waals surface area contributed by atoms with Crippen LogP contribution in [0.4, 0.5) is 28.8 Å². The van der Waals surface area contributed by atoms with E-state index in [4.69, 9.17) is 23.2 Å². The Morgan fingerprint density at radius 1 is 1.03 bits per heavy atom. The molecule has 10 heteroatoms. The molecular formula is C27H29Cl2N7O. The molecule has 6 rings (SSSR count). The Morgan fingerprint density at radius 3 is 2.41 bits per heavy atom. The second-order valence-electron chi connectivity index (χ2n) is 10.2. The second-order valence-corrected chi connectivity index (χ2v) is 11.0. The van der Waals surface area contributed by atoms with Crippen LogP contribution in [0, 0.1) is 6.92 Å². The Balaban J connectivity index is 1.23. The highest BCUT2D eigenvalue weighted by molar-refractivity contribution is 6.40. The third-order valence-electron chi connectivity index (χ3n) is 7.56. The number of rotatable bonds is 4. The number of aryl methyl sites for hydroxylation is 1. The molecule has 2 unspecified atom stereocenters. The lowest BCUT2D eigenvalue weighted by atomic mass is 10.1. The van der Waals surface area contributed by atoms with Crippen molar-refractivity contribution in [3.63, 3.8) is 0 Å². The van der Waals surface area contributed by atoms with E-state index in [1.165, 1.54) is 24.1 Å². The van der Waals surface area contributed by atoms with Crippen LogP contribution in [0.5, 0.6) is 0 Å². The number of para-hydroxylation sites is 1. The van der Waals surface area contributed by atoms with Crippen LogP contribution >= 0.6 is 23.2 Å². The first kappa shape index (κ1) is 24.3. The molecule has 0 aliphatic carbocycles. The first-order valence-electron chi connectivity index (χ1n) is 12.5. The fourth-order valence-corrected chi connectivity index (χ4v) is 6.54. The van der Waals surface area contributed by atoms with E-state index in [0.29, 0.717) is 45.1 Å². The van der Waals surface area contributed by atoms with Crippen LogP contribution in [0.15, 0.2) is 42.6 Å². The Morgan fingerprint density at radius 2 is 1.73 bits per heavy atom. The topological polar surface area (TPSA) is 67.8 Å². The molecule has 0 spiro atoms. The summed E-state index contributed by atoms with van der Waals surface area (Å²) in [5.74, 6) is 0.760. The molecule has 3 aromatic rings. The Labute approximate surface area is 226 Å². The number of benzene rings is 2. The summed E-state index contributed by atoms with van der Waals surface area (Å²) in [6, 6.07) is 12.8. The third kappa shape index (κ3) is 4.27. The van der Waals surface area contributed by atoms with Crippen LogP contribution in [0.1, 0.15) is 28.8 Å². The highest BCUT2D eigenvalue weighted by Crippen LogP contribution is 2.39. The van der Waals surface area contributed by atoms with Crippen LogP contribution < -0.4 is 20.0 Å². The minimum atomic E-state index is -0.239. The molecule has 2 aromatic carbocycles. The number of nitrogens with zero attached hydrogens (tertiary/aromatic N) is 6. The lowest BCUT2D eigenvalue weighted by Crippen LogP contribution is -2.52. The molecule has 1 amide bonds. The van der Waals surface area contributed by atoms with Crippen LogP contribution in [0.3, 0.4) is 0 Å². The molecule has 0 saturated carbocycles. The van der Waals surface area contributed by atoms with E-state index >= 15 is 0 Å². The minimum Gasteiger partial charge on any atom is -0.363 e. The first-order valence-corrected chi connectivity index (χ1v) is 13.2. The number of carbonyl (C=O) groups excluding carboxylic acids is 1. The Hall–Kier alpha value is -3.07. The average Bonchev–Trinajstić information content (AvgIpc) is 3.12. The van der Waals surface area contributed by atoms with Gasteiger partial charge in [0.15, 0.2) is 0 Å². The summed E-state index contributed by atoms with van der Waals surface area (Å²) in [6.45, 7) is 4.66. The van der Waals surface area contributed by atoms with E-state index in [9.17, 15) is 4.79 Å². The molecule has 4 heterocycles. The second kappa shape index (κ2) is 9.35. The number of fused-ring (bicyclic) bond motifs is 3. The number of halogens is 2. The monoisotopic (exact) mass is 537 g/mol. The zero-order chi connectivity index (χ0) is 25.8. The summed E-state index contributed by atoms with van der Waals surface area (Å²) in [5, 5.41) is 4.16. The fourth-order valence-electron chi connectivity index (χ4n) is 5.94. The van der Waals surface area contributed by atoms with E-state index in [1.807, 2.05) is 11.9 Å². The Kier molecular flexibility index (Phi) is 6.13. The fraction of sp³-hybridized carbons (Fsp3) is 0.370. The lowest BCUT2D eigenvalue weighted by molar-refractivity contribution is 0.0982. The van der Waals surface area contributed by atoms with Crippen molar-refractivity contribution in [2.45, 2.75) is 31.8 Å². The van der Waals surface area contributed by atoms with Gasteiger partial charge in [0.25, 0.3) is 5.91 Å². The smallest absolute Gasteiger partial charge is 0.265 e. The number of aromatic nitrogens is 2. The normalized spacial score (nSPS) is 21.4. The van der Waals surface area contributed by atoms with E-state index in [2.05, 4.69) is 57.3 Å². The van der Waals surface area contributed by atoms with Crippen LogP contribution in [0.2, 0.25) is 10.0 Å². The van der Waals surface area contributed by atoms with Crippen LogP contribution in [-0.4, -0.2) is 66.7 Å². The number of nitrogens with one attached hydrogen (secondary N) is 1. The van der Waals surface area contributed by atoms with Crippen molar-refractivity contribution in [3.8, 4) is 0 Å². The van der Waals surface area contributed by atoms with Crippen molar-refractivity contribution in [2.75, 3.05) is 53.9 Å². The van der Waals surface area contributed by atoms with Crippen molar-refractivity contribution >= 4 is 57.9 Å². The average molecular weight is 538 g/mol. The summed E-state index contributed by atoms with van der Waals surface area (Å²) in [6.07, 6.45) is 4.07. The number of likely N-dealkylation sites (tertiary alicyclic amines) is 1. The number of carbonyl (C=O) groups is 1. The van der Waals surface area contributed by atoms with E-state index in [-0.39, 0.29) is 12.6 Å². The molecule has 2 fully saturated rings. The predicted molar refractivity (Wildman–Crippen MR) is 150 cm³/mol. The van der Waals surface area contributed by atoms with Gasteiger partial charge in [-0.05, 0) is 62.7 Å². The third-order valence-corrected chi connectivity index (χ3v) is 8.17. The van der Waals surface area contributed by atoms with E-state index in [1.54, 1.807) is 29.3 Å². The molecule has 2 bridgehead atoms. The molecule has 3 aliphatic heterocycles. The summed E-state index contributed by atoms with van der Waals surface area (Å²) < 4.78 is 0. The van der Waals surface area contributed by atoms with E-state index in [0.717, 1.165) is 18.8 Å². The standard InChI is InChI=1S/C27H29Cl2N7O/c1-16-11-17(7-10-23(16)36-18-8-9-19(36)14-33(2)13-18)31-27-30-12-20-25(32-27)34(3)15-35(26(20)37)24-21(28)5-4-6-22(24)29/h4-7,10-12,18-19H,8-9,13-15H2,1-3H3,(H,30,31,32). The molecule has 1 aromatic heterocycles. The summed E-state index contributed by atoms with van der Waals surface area (Å²) in [5.41, 5.74) is 4.33. The van der Waals surface area contributed by atoms with Gasteiger partial charge in [0.05, 0.1) is 22.4 Å². The van der Waals surface area contributed by atoms with Gasteiger partial charge in [0, 0.05) is 49.8 Å². The lowest BCUT2D eigenvalue weighted by Gasteiger charge is -2.41. The van der Waals surface area contributed by atoms with Gasteiger partial charge in [-0.25, -0.2) is 4.98 Å². The maximum Gasteiger partial charge on any atom is 0.265 e. The van der Waals surface area contributed by atoms with E-state index < -0.39 is 0 Å². The summed E-state index contributed by atoms with van der Waals surface area (Å²) in [4.78, 5) is 30.9.